The lowest BCUT2D eigenvalue weighted by molar-refractivity contribution is -0.124. The van der Waals surface area contributed by atoms with E-state index in [0.29, 0.717) is 21.8 Å². The van der Waals surface area contributed by atoms with Crippen LogP contribution in [0.1, 0.15) is 28.4 Å². The number of aliphatic hydroxyl groups excluding tert-OH is 1. The molecular weight excluding hydrogens is 403 g/mol. The van der Waals surface area contributed by atoms with Crippen LogP contribution in [0.5, 0.6) is 0 Å². The molecule has 4 N–H and O–H groups in total. The van der Waals surface area contributed by atoms with Crippen LogP contribution in [0.25, 0.3) is 0 Å². The zero-order chi connectivity index (χ0) is 20.8. The Hall–Kier alpha value is -2.79. The van der Waals surface area contributed by atoms with Gasteiger partial charge in [0.1, 0.15) is 12.1 Å². The van der Waals surface area contributed by atoms with Crippen LogP contribution < -0.4 is 16.2 Å². The van der Waals surface area contributed by atoms with E-state index in [-0.39, 0.29) is 10.6 Å². The Morgan fingerprint density at radius 3 is 2.50 bits per heavy atom. The zero-order valence-corrected chi connectivity index (χ0v) is 16.6. The highest BCUT2D eigenvalue weighted by molar-refractivity contribution is 6.33. The number of rotatable bonds is 5. The number of hydrogen-bond acceptors (Lipinski definition) is 5. The van der Waals surface area contributed by atoms with E-state index in [1.165, 1.54) is 19.1 Å². The molecule has 0 fully saturated rings. The van der Waals surface area contributed by atoms with Gasteiger partial charge in [-0.3, -0.25) is 20.4 Å². The maximum Gasteiger partial charge on any atom is 0.269 e. The molecule has 146 valence electrons. The summed E-state index contributed by atoms with van der Waals surface area (Å²) >= 11 is 12.0. The summed E-state index contributed by atoms with van der Waals surface area (Å²) in [5.74, 6) is -1.22. The average molecular weight is 421 g/mol. The molecule has 0 saturated carbocycles. The number of carbonyl (C=O) groups excluding carboxylic acids is 2. The summed E-state index contributed by atoms with van der Waals surface area (Å²) in [5.41, 5.74) is 6.15. The van der Waals surface area contributed by atoms with E-state index in [4.69, 9.17) is 28.5 Å². The molecular formula is C19H18Cl2N4O3. The summed E-state index contributed by atoms with van der Waals surface area (Å²) < 4.78 is 0. The molecule has 0 aliphatic rings. The molecule has 0 aliphatic heterocycles. The van der Waals surface area contributed by atoms with E-state index in [1.54, 1.807) is 31.2 Å². The van der Waals surface area contributed by atoms with Crippen LogP contribution in [-0.2, 0) is 4.79 Å². The fraction of sp³-hybridized carbons (Fsp3) is 0.211. The number of nitrogens with one attached hydrogen (secondary N) is 3. The number of aliphatic hydroxyl groups is 1. The van der Waals surface area contributed by atoms with Crippen LogP contribution >= 0.6 is 23.2 Å². The highest BCUT2D eigenvalue weighted by Crippen LogP contribution is 2.27. The first-order valence-corrected chi connectivity index (χ1v) is 8.99. The Bertz CT molecular complexity index is 941. The van der Waals surface area contributed by atoms with E-state index in [9.17, 15) is 14.7 Å². The molecule has 7 nitrogen and oxygen atoms in total. The molecule has 0 bridgehead atoms. The topological polar surface area (TPSA) is 114 Å². The third-order valence-electron chi connectivity index (χ3n) is 3.97. The fourth-order valence-corrected chi connectivity index (χ4v) is 2.80. The quantitative estimate of drug-likeness (QED) is 0.555. The zero-order valence-electron chi connectivity index (χ0n) is 15.1. The van der Waals surface area contributed by atoms with Crippen molar-refractivity contribution in [2.45, 2.75) is 26.0 Å². The van der Waals surface area contributed by atoms with Gasteiger partial charge in [0.25, 0.3) is 11.8 Å². The number of halogens is 2. The molecule has 2 amide bonds. The number of nitrogens with zero attached hydrogens (tertiary/aromatic N) is 1. The molecule has 2 aromatic rings. The first kappa shape index (κ1) is 21.5. The molecule has 0 aliphatic carbocycles. The molecule has 2 aromatic carbocycles. The van der Waals surface area contributed by atoms with E-state index in [0.717, 1.165) is 0 Å². The lowest BCUT2D eigenvalue weighted by atomic mass is 10.1. The smallest absolute Gasteiger partial charge is 0.269 e. The van der Waals surface area contributed by atoms with Crippen molar-refractivity contribution >= 4 is 40.7 Å². The summed E-state index contributed by atoms with van der Waals surface area (Å²) in [6, 6.07) is 10.2. The van der Waals surface area contributed by atoms with Crippen molar-refractivity contribution in [1.29, 1.82) is 5.26 Å². The second-order valence-corrected chi connectivity index (χ2v) is 6.84. The van der Waals surface area contributed by atoms with Crippen LogP contribution in [0, 0.1) is 18.3 Å². The number of anilines is 1. The minimum Gasteiger partial charge on any atom is -0.391 e. The van der Waals surface area contributed by atoms with Crippen LogP contribution in [-0.4, -0.2) is 29.1 Å². The summed E-state index contributed by atoms with van der Waals surface area (Å²) in [5, 5.41) is 22.5. The molecule has 9 heteroatoms. The molecule has 0 heterocycles. The van der Waals surface area contributed by atoms with Crippen molar-refractivity contribution in [2.75, 3.05) is 5.32 Å². The van der Waals surface area contributed by atoms with Crippen LogP contribution in [0.2, 0.25) is 10.0 Å². The molecule has 2 atom stereocenters. The molecule has 2 rings (SSSR count). The minimum absolute atomic E-state index is 0.256. The predicted octanol–water partition coefficient (Wildman–Crippen LogP) is 2.80. The number of amides is 2. The monoisotopic (exact) mass is 420 g/mol. The van der Waals surface area contributed by atoms with E-state index < -0.39 is 24.0 Å². The minimum atomic E-state index is -1.09. The first-order valence-electron chi connectivity index (χ1n) is 8.24. The SMILES string of the molecule is Cc1c(N[C@@H](C(=O)NNC(=O)c2cccc(Cl)c2)[C@H](C)O)ccc(C#N)c1Cl. The van der Waals surface area contributed by atoms with Gasteiger partial charge >= 0.3 is 0 Å². The third kappa shape index (κ3) is 5.14. The number of carbonyl (C=O) groups is 2. The summed E-state index contributed by atoms with van der Waals surface area (Å²) in [6.07, 6.45) is -1.09. The molecule has 0 unspecified atom stereocenters. The normalized spacial score (nSPS) is 12.4. The van der Waals surface area contributed by atoms with Gasteiger partial charge in [-0.25, -0.2) is 0 Å². The van der Waals surface area contributed by atoms with Crippen LogP contribution in [0.4, 0.5) is 5.69 Å². The Kier molecular flexibility index (Phi) is 7.24. The maximum atomic E-state index is 12.5. The van der Waals surface area contributed by atoms with E-state index in [1.807, 2.05) is 6.07 Å². The van der Waals surface area contributed by atoms with Crippen LogP contribution in [0.3, 0.4) is 0 Å². The largest absolute Gasteiger partial charge is 0.391 e. The second-order valence-electron chi connectivity index (χ2n) is 6.03. The van der Waals surface area contributed by atoms with Crippen molar-refractivity contribution in [3.63, 3.8) is 0 Å². The van der Waals surface area contributed by atoms with Crippen molar-refractivity contribution in [2.24, 2.45) is 0 Å². The van der Waals surface area contributed by atoms with Gasteiger partial charge in [0.15, 0.2) is 0 Å². The van der Waals surface area contributed by atoms with E-state index in [2.05, 4.69) is 16.2 Å². The Balaban J connectivity index is 2.09. The van der Waals surface area contributed by atoms with Gasteiger partial charge in [-0.1, -0.05) is 29.3 Å². The fourth-order valence-electron chi connectivity index (χ4n) is 2.40. The molecule has 0 spiro atoms. The first-order chi connectivity index (χ1) is 13.2. The highest BCUT2D eigenvalue weighted by atomic mass is 35.5. The second kappa shape index (κ2) is 9.42. The van der Waals surface area contributed by atoms with Crippen molar-refractivity contribution in [3.05, 3.63) is 63.1 Å². The Labute approximate surface area is 172 Å². The lowest BCUT2D eigenvalue weighted by Crippen LogP contribution is -2.52. The van der Waals surface area contributed by atoms with Gasteiger partial charge < -0.3 is 10.4 Å². The highest BCUT2D eigenvalue weighted by Gasteiger charge is 2.25. The Morgan fingerprint density at radius 2 is 1.89 bits per heavy atom. The number of hydrazine groups is 1. The summed E-state index contributed by atoms with van der Waals surface area (Å²) in [7, 11) is 0. The summed E-state index contributed by atoms with van der Waals surface area (Å²) in [6.45, 7) is 3.11. The van der Waals surface area contributed by atoms with Gasteiger partial charge in [-0.05, 0) is 49.7 Å². The van der Waals surface area contributed by atoms with Crippen molar-refractivity contribution in [3.8, 4) is 6.07 Å². The molecule has 0 saturated heterocycles. The molecule has 0 aromatic heterocycles. The molecule has 0 radical (unpaired) electrons. The van der Waals surface area contributed by atoms with Crippen molar-refractivity contribution < 1.29 is 14.7 Å². The maximum absolute atomic E-state index is 12.5. The number of nitriles is 1. The standard InChI is InChI=1S/C19H18Cl2N4O3/c1-10-15(7-6-13(9-22)16(10)21)23-17(11(2)26)19(28)25-24-18(27)12-4-3-5-14(20)8-12/h3-8,11,17,23,26H,1-2H3,(H,24,27)(H,25,28)/t11-,17+/m0/s1. The Morgan fingerprint density at radius 1 is 1.18 bits per heavy atom. The molecule has 28 heavy (non-hydrogen) atoms. The summed E-state index contributed by atoms with van der Waals surface area (Å²) in [4.78, 5) is 24.6. The lowest BCUT2D eigenvalue weighted by Gasteiger charge is -2.23. The van der Waals surface area contributed by atoms with Crippen molar-refractivity contribution in [1.82, 2.24) is 10.9 Å². The number of hydrogen-bond donors (Lipinski definition) is 4. The van der Waals surface area contributed by atoms with Gasteiger partial charge in [0, 0.05) is 16.3 Å². The van der Waals surface area contributed by atoms with Gasteiger partial charge in [0.05, 0.1) is 16.7 Å². The third-order valence-corrected chi connectivity index (χ3v) is 4.69. The predicted molar refractivity (Wildman–Crippen MR) is 107 cm³/mol. The van der Waals surface area contributed by atoms with Gasteiger partial charge in [-0.2, -0.15) is 5.26 Å². The van der Waals surface area contributed by atoms with Crippen LogP contribution in [0.15, 0.2) is 36.4 Å². The number of benzene rings is 2. The van der Waals surface area contributed by atoms with E-state index >= 15 is 0 Å². The van der Waals surface area contributed by atoms with Gasteiger partial charge in [-0.15, -0.1) is 0 Å². The van der Waals surface area contributed by atoms with Gasteiger partial charge in [0.2, 0.25) is 0 Å². The average Bonchev–Trinajstić information content (AvgIpc) is 2.66.